The molecule has 0 aromatic carbocycles. The molecule has 64 valence electrons. The molecular formula is C9H17NO. The van der Waals surface area contributed by atoms with Gasteiger partial charge in [0.1, 0.15) is 0 Å². The maximum atomic E-state index is 9.79. The Kier molecular flexibility index (Phi) is 1.69. The summed E-state index contributed by atoms with van der Waals surface area (Å²) < 4.78 is 0. The lowest BCUT2D eigenvalue weighted by molar-refractivity contribution is -0.00250. The highest BCUT2D eigenvalue weighted by Crippen LogP contribution is 2.36. The van der Waals surface area contributed by atoms with Crippen LogP contribution in [0.15, 0.2) is 0 Å². The average molecular weight is 155 g/mol. The summed E-state index contributed by atoms with van der Waals surface area (Å²) in [6.07, 6.45) is 4.41. The van der Waals surface area contributed by atoms with E-state index in [2.05, 4.69) is 5.32 Å². The zero-order valence-electron chi connectivity index (χ0n) is 7.14. The van der Waals surface area contributed by atoms with Crippen LogP contribution in [0.2, 0.25) is 0 Å². The molecule has 0 amide bonds. The molecule has 3 atom stereocenters. The summed E-state index contributed by atoms with van der Waals surface area (Å²) >= 11 is 0. The van der Waals surface area contributed by atoms with Crippen LogP contribution in [0.3, 0.4) is 0 Å². The third-order valence-electron chi connectivity index (χ3n) is 3.19. The zero-order valence-corrected chi connectivity index (χ0v) is 7.14. The number of rotatable bonds is 0. The highest BCUT2D eigenvalue weighted by atomic mass is 16.3. The van der Waals surface area contributed by atoms with Crippen molar-refractivity contribution in [3.05, 3.63) is 0 Å². The van der Waals surface area contributed by atoms with Crippen LogP contribution in [0.25, 0.3) is 0 Å². The quantitative estimate of drug-likeness (QED) is 0.544. The van der Waals surface area contributed by atoms with Gasteiger partial charge in [-0.3, -0.25) is 0 Å². The van der Waals surface area contributed by atoms with Crippen LogP contribution in [-0.2, 0) is 0 Å². The number of hydrogen-bond donors (Lipinski definition) is 2. The number of aliphatic hydroxyl groups is 1. The van der Waals surface area contributed by atoms with E-state index in [0.29, 0.717) is 0 Å². The van der Waals surface area contributed by atoms with Gasteiger partial charge in [0.2, 0.25) is 0 Å². The molecule has 1 aliphatic carbocycles. The Bertz CT molecular complexity index is 156. The minimum absolute atomic E-state index is 0.368. The molecule has 2 fully saturated rings. The predicted octanol–water partition coefficient (Wildman–Crippen LogP) is 0.899. The average Bonchev–Trinajstić information content (AvgIpc) is 2.31. The molecule has 0 radical (unpaired) electrons. The van der Waals surface area contributed by atoms with E-state index < -0.39 is 0 Å². The van der Waals surface area contributed by atoms with Crippen LogP contribution in [-0.4, -0.2) is 23.3 Å². The van der Waals surface area contributed by atoms with Gasteiger partial charge in [0.15, 0.2) is 0 Å². The second-order valence-corrected chi connectivity index (χ2v) is 4.35. The van der Waals surface area contributed by atoms with E-state index in [1.54, 1.807) is 0 Å². The molecule has 1 heterocycles. The molecule has 2 heteroatoms. The maximum absolute atomic E-state index is 9.79. The molecule has 2 nitrogen and oxygen atoms in total. The fourth-order valence-electron chi connectivity index (χ4n) is 2.54. The first-order valence-electron chi connectivity index (χ1n) is 4.63. The Labute approximate surface area is 68.0 Å². The Morgan fingerprint density at radius 2 is 2.27 bits per heavy atom. The first-order chi connectivity index (χ1) is 5.17. The monoisotopic (exact) mass is 155 g/mol. The van der Waals surface area contributed by atoms with E-state index >= 15 is 0 Å². The summed E-state index contributed by atoms with van der Waals surface area (Å²) in [5.41, 5.74) is -0.368. The number of fused-ring (bicyclic) bond motifs is 1. The minimum Gasteiger partial charge on any atom is -0.390 e. The van der Waals surface area contributed by atoms with E-state index in [-0.39, 0.29) is 5.60 Å². The predicted molar refractivity (Wildman–Crippen MR) is 44.4 cm³/mol. The van der Waals surface area contributed by atoms with Crippen molar-refractivity contribution in [2.24, 2.45) is 5.92 Å². The van der Waals surface area contributed by atoms with Crippen LogP contribution in [0.4, 0.5) is 0 Å². The summed E-state index contributed by atoms with van der Waals surface area (Å²) in [7, 11) is 0. The highest BCUT2D eigenvalue weighted by molar-refractivity contribution is 4.94. The lowest BCUT2D eigenvalue weighted by atomic mass is 9.77. The van der Waals surface area contributed by atoms with E-state index in [4.69, 9.17) is 0 Å². The Morgan fingerprint density at radius 1 is 1.45 bits per heavy atom. The van der Waals surface area contributed by atoms with E-state index in [1.165, 1.54) is 6.42 Å². The SMILES string of the molecule is CC1(O)CCC2NCCC2C1. The van der Waals surface area contributed by atoms with Gasteiger partial charge < -0.3 is 10.4 Å². The molecular weight excluding hydrogens is 138 g/mol. The molecule has 1 saturated carbocycles. The van der Waals surface area contributed by atoms with E-state index in [1.807, 2.05) is 6.92 Å². The molecule has 0 spiro atoms. The minimum atomic E-state index is -0.368. The van der Waals surface area contributed by atoms with Crippen LogP contribution in [0.5, 0.6) is 0 Å². The van der Waals surface area contributed by atoms with Crippen molar-refractivity contribution in [3.63, 3.8) is 0 Å². The van der Waals surface area contributed by atoms with Crippen LogP contribution < -0.4 is 5.32 Å². The van der Waals surface area contributed by atoms with E-state index in [9.17, 15) is 5.11 Å². The fraction of sp³-hybridized carbons (Fsp3) is 1.00. The van der Waals surface area contributed by atoms with Crippen LogP contribution in [0, 0.1) is 5.92 Å². The molecule has 2 aliphatic rings. The van der Waals surface area contributed by atoms with Gasteiger partial charge in [0.25, 0.3) is 0 Å². The van der Waals surface area contributed by atoms with Crippen molar-refractivity contribution in [2.75, 3.05) is 6.54 Å². The Morgan fingerprint density at radius 3 is 3.09 bits per heavy atom. The van der Waals surface area contributed by atoms with Crippen LogP contribution >= 0.6 is 0 Å². The lowest BCUT2D eigenvalue weighted by Gasteiger charge is -2.35. The lowest BCUT2D eigenvalue weighted by Crippen LogP contribution is -2.40. The highest BCUT2D eigenvalue weighted by Gasteiger charge is 2.38. The molecule has 3 unspecified atom stereocenters. The number of hydrogen-bond acceptors (Lipinski definition) is 2. The van der Waals surface area contributed by atoms with Crippen molar-refractivity contribution in [1.82, 2.24) is 5.32 Å². The first kappa shape index (κ1) is 7.56. The summed E-state index contributed by atoms with van der Waals surface area (Å²) in [6.45, 7) is 3.13. The van der Waals surface area contributed by atoms with Gasteiger partial charge in [-0.15, -0.1) is 0 Å². The summed E-state index contributed by atoms with van der Waals surface area (Å²) in [5.74, 6) is 0.749. The molecule has 1 aliphatic heterocycles. The third kappa shape index (κ3) is 1.42. The summed E-state index contributed by atoms with van der Waals surface area (Å²) in [6, 6.07) is 0.718. The summed E-state index contributed by atoms with van der Waals surface area (Å²) in [5, 5.41) is 13.3. The van der Waals surface area contributed by atoms with Gasteiger partial charge in [0, 0.05) is 6.04 Å². The van der Waals surface area contributed by atoms with Crippen molar-refractivity contribution >= 4 is 0 Å². The molecule has 0 bridgehead atoms. The second-order valence-electron chi connectivity index (χ2n) is 4.35. The van der Waals surface area contributed by atoms with Crippen molar-refractivity contribution < 1.29 is 5.11 Å². The smallest absolute Gasteiger partial charge is 0.0623 e. The van der Waals surface area contributed by atoms with Gasteiger partial charge in [-0.1, -0.05) is 0 Å². The molecule has 2 N–H and O–H groups in total. The Hall–Kier alpha value is -0.0800. The molecule has 0 aromatic heterocycles. The molecule has 2 rings (SSSR count). The molecule has 0 aromatic rings. The van der Waals surface area contributed by atoms with Crippen molar-refractivity contribution in [2.45, 2.75) is 44.2 Å². The van der Waals surface area contributed by atoms with Gasteiger partial charge in [-0.05, 0) is 45.1 Å². The first-order valence-corrected chi connectivity index (χ1v) is 4.63. The van der Waals surface area contributed by atoms with Gasteiger partial charge in [-0.2, -0.15) is 0 Å². The maximum Gasteiger partial charge on any atom is 0.0623 e. The molecule has 1 saturated heterocycles. The zero-order chi connectivity index (χ0) is 7.90. The van der Waals surface area contributed by atoms with Gasteiger partial charge in [-0.25, -0.2) is 0 Å². The summed E-state index contributed by atoms with van der Waals surface area (Å²) in [4.78, 5) is 0. The second kappa shape index (κ2) is 2.46. The topological polar surface area (TPSA) is 32.3 Å². The fourth-order valence-corrected chi connectivity index (χ4v) is 2.54. The van der Waals surface area contributed by atoms with Crippen molar-refractivity contribution in [1.29, 1.82) is 0 Å². The molecule has 11 heavy (non-hydrogen) atoms. The van der Waals surface area contributed by atoms with Crippen LogP contribution in [0.1, 0.15) is 32.6 Å². The third-order valence-corrected chi connectivity index (χ3v) is 3.19. The van der Waals surface area contributed by atoms with Gasteiger partial charge in [0.05, 0.1) is 5.60 Å². The van der Waals surface area contributed by atoms with Gasteiger partial charge >= 0.3 is 0 Å². The van der Waals surface area contributed by atoms with E-state index in [0.717, 1.165) is 37.8 Å². The standard InChI is InChI=1S/C9H17NO/c1-9(11)4-2-8-7(6-9)3-5-10-8/h7-8,10-11H,2-6H2,1H3. The van der Waals surface area contributed by atoms with Crippen molar-refractivity contribution in [3.8, 4) is 0 Å². The normalized spacial score (nSPS) is 50.7. The Balaban J connectivity index is 2.02. The number of nitrogens with one attached hydrogen (secondary N) is 1. The largest absolute Gasteiger partial charge is 0.390 e.